The molecule has 0 spiro atoms. The highest BCUT2D eigenvalue weighted by atomic mass is 35.5. The van der Waals surface area contributed by atoms with Crippen molar-refractivity contribution in [3.8, 4) is 0 Å². The minimum atomic E-state index is -4.56. The SMILES string of the molecule is Cc1cc(C(F)(F)F)ccc1Nc1c(NS(=O)(=O)CCCCl)ccc(F)c1F. The molecular formula is C17H16ClF5N2O2S. The van der Waals surface area contributed by atoms with Gasteiger partial charge in [0.15, 0.2) is 11.6 Å². The summed E-state index contributed by atoms with van der Waals surface area (Å²) in [6, 6.07) is 4.41. The van der Waals surface area contributed by atoms with Crippen LogP contribution in [0.2, 0.25) is 0 Å². The fourth-order valence-corrected chi connectivity index (χ4v) is 3.76. The minimum Gasteiger partial charge on any atom is -0.351 e. The molecule has 0 aliphatic carbocycles. The average Bonchev–Trinajstić information content (AvgIpc) is 2.60. The summed E-state index contributed by atoms with van der Waals surface area (Å²) >= 11 is 5.46. The average molecular weight is 443 g/mol. The van der Waals surface area contributed by atoms with Crippen molar-refractivity contribution in [3.63, 3.8) is 0 Å². The van der Waals surface area contributed by atoms with E-state index < -0.39 is 39.1 Å². The second kappa shape index (κ2) is 8.52. The van der Waals surface area contributed by atoms with E-state index in [1.807, 2.05) is 0 Å². The summed E-state index contributed by atoms with van der Waals surface area (Å²) in [5.74, 6) is -2.88. The molecule has 0 radical (unpaired) electrons. The van der Waals surface area contributed by atoms with Gasteiger partial charge in [0.1, 0.15) is 5.69 Å². The van der Waals surface area contributed by atoms with E-state index in [0.717, 1.165) is 30.3 Å². The Balaban J connectivity index is 2.41. The van der Waals surface area contributed by atoms with Crippen LogP contribution in [0, 0.1) is 18.6 Å². The van der Waals surface area contributed by atoms with Crippen LogP contribution < -0.4 is 10.0 Å². The van der Waals surface area contributed by atoms with Gasteiger partial charge in [-0.2, -0.15) is 13.2 Å². The van der Waals surface area contributed by atoms with Gasteiger partial charge in [-0.15, -0.1) is 11.6 Å². The van der Waals surface area contributed by atoms with Crippen LogP contribution in [-0.2, 0) is 16.2 Å². The van der Waals surface area contributed by atoms with Gasteiger partial charge in [-0.25, -0.2) is 17.2 Å². The molecule has 0 saturated carbocycles. The monoisotopic (exact) mass is 442 g/mol. The predicted octanol–water partition coefficient (Wildman–Crippen LogP) is 5.41. The summed E-state index contributed by atoms with van der Waals surface area (Å²) < 4.78 is 92.5. The molecule has 0 amide bonds. The first kappa shape index (κ1) is 22.2. The lowest BCUT2D eigenvalue weighted by atomic mass is 10.1. The van der Waals surface area contributed by atoms with Gasteiger partial charge in [-0.3, -0.25) is 4.72 Å². The van der Waals surface area contributed by atoms with Crippen LogP contribution in [0.25, 0.3) is 0 Å². The molecule has 0 saturated heterocycles. The molecule has 0 aliphatic rings. The Kier molecular flexibility index (Phi) is 6.76. The highest BCUT2D eigenvalue weighted by Crippen LogP contribution is 2.35. The molecule has 0 bridgehead atoms. The Bertz CT molecular complexity index is 965. The first-order valence-corrected chi connectivity index (χ1v) is 10.1. The number of halogens is 6. The van der Waals surface area contributed by atoms with E-state index >= 15 is 0 Å². The maximum absolute atomic E-state index is 14.3. The van der Waals surface area contributed by atoms with E-state index in [1.54, 1.807) is 0 Å². The third-order valence-electron chi connectivity index (χ3n) is 3.72. The van der Waals surface area contributed by atoms with E-state index in [1.165, 1.54) is 6.92 Å². The lowest BCUT2D eigenvalue weighted by Gasteiger charge is -2.17. The number of hydrogen-bond acceptors (Lipinski definition) is 3. The number of anilines is 3. The van der Waals surface area contributed by atoms with Crippen molar-refractivity contribution in [2.75, 3.05) is 21.7 Å². The molecule has 0 aromatic heterocycles. The zero-order chi connectivity index (χ0) is 21.1. The molecule has 2 aromatic rings. The molecule has 0 heterocycles. The van der Waals surface area contributed by atoms with Crippen molar-refractivity contribution >= 4 is 38.7 Å². The first-order chi connectivity index (χ1) is 12.9. The molecule has 4 nitrogen and oxygen atoms in total. The Morgan fingerprint density at radius 3 is 2.29 bits per heavy atom. The van der Waals surface area contributed by atoms with Crippen molar-refractivity contribution in [1.29, 1.82) is 0 Å². The van der Waals surface area contributed by atoms with Gasteiger partial charge in [0.25, 0.3) is 0 Å². The smallest absolute Gasteiger partial charge is 0.351 e. The fraction of sp³-hybridized carbons (Fsp3) is 0.294. The van der Waals surface area contributed by atoms with Gasteiger partial charge in [0.2, 0.25) is 10.0 Å². The minimum absolute atomic E-state index is 0.0544. The molecule has 2 rings (SSSR count). The highest BCUT2D eigenvalue weighted by molar-refractivity contribution is 7.92. The molecule has 28 heavy (non-hydrogen) atoms. The molecule has 0 unspecified atom stereocenters. The van der Waals surface area contributed by atoms with Gasteiger partial charge < -0.3 is 5.32 Å². The van der Waals surface area contributed by atoms with E-state index in [2.05, 4.69) is 10.0 Å². The topological polar surface area (TPSA) is 58.2 Å². The van der Waals surface area contributed by atoms with Crippen LogP contribution in [0.15, 0.2) is 30.3 Å². The quantitative estimate of drug-likeness (QED) is 0.445. The summed E-state index contributed by atoms with van der Waals surface area (Å²) in [5.41, 5.74) is -1.57. The van der Waals surface area contributed by atoms with Crippen LogP contribution >= 0.6 is 11.6 Å². The van der Waals surface area contributed by atoms with Crippen LogP contribution in [0.4, 0.5) is 39.0 Å². The summed E-state index contributed by atoms with van der Waals surface area (Å²) in [4.78, 5) is 0. The molecule has 154 valence electrons. The molecular weight excluding hydrogens is 427 g/mol. The van der Waals surface area contributed by atoms with E-state index in [9.17, 15) is 30.4 Å². The Morgan fingerprint density at radius 2 is 1.71 bits per heavy atom. The summed E-state index contributed by atoms with van der Waals surface area (Å²) in [7, 11) is -3.89. The second-order valence-corrected chi connectivity index (χ2v) is 8.12. The molecule has 2 N–H and O–H groups in total. The van der Waals surface area contributed by atoms with Gasteiger partial charge in [-0.05, 0) is 49.2 Å². The lowest BCUT2D eigenvalue weighted by Crippen LogP contribution is -2.18. The highest BCUT2D eigenvalue weighted by Gasteiger charge is 2.30. The number of sulfonamides is 1. The second-order valence-electron chi connectivity index (χ2n) is 5.90. The zero-order valence-corrected chi connectivity index (χ0v) is 16.1. The van der Waals surface area contributed by atoms with Crippen molar-refractivity contribution in [1.82, 2.24) is 0 Å². The van der Waals surface area contributed by atoms with Crippen molar-refractivity contribution in [2.24, 2.45) is 0 Å². The third-order valence-corrected chi connectivity index (χ3v) is 5.34. The number of nitrogens with one attached hydrogen (secondary N) is 2. The van der Waals surface area contributed by atoms with Gasteiger partial charge in [0.05, 0.1) is 17.0 Å². The van der Waals surface area contributed by atoms with Gasteiger partial charge in [-0.1, -0.05) is 0 Å². The van der Waals surface area contributed by atoms with E-state index in [0.29, 0.717) is 0 Å². The number of alkyl halides is 4. The van der Waals surface area contributed by atoms with Crippen LogP contribution in [-0.4, -0.2) is 20.1 Å². The molecule has 0 fully saturated rings. The first-order valence-electron chi connectivity index (χ1n) is 7.94. The van der Waals surface area contributed by atoms with Crippen LogP contribution in [0.5, 0.6) is 0 Å². The fourth-order valence-electron chi connectivity index (χ4n) is 2.34. The number of rotatable bonds is 7. The number of aryl methyl sites for hydroxylation is 1. The largest absolute Gasteiger partial charge is 0.416 e. The Hall–Kier alpha value is -2.07. The Labute approximate surface area is 163 Å². The maximum atomic E-state index is 14.3. The van der Waals surface area contributed by atoms with Crippen molar-refractivity contribution in [3.05, 3.63) is 53.1 Å². The number of hydrogen-bond donors (Lipinski definition) is 2. The molecule has 2 aromatic carbocycles. The molecule has 11 heteroatoms. The van der Waals surface area contributed by atoms with Gasteiger partial charge in [0, 0.05) is 11.6 Å². The van der Waals surface area contributed by atoms with E-state index in [4.69, 9.17) is 11.6 Å². The number of benzene rings is 2. The zero-order valence-electron chi connectivity index (χ0n) is 14.5. The summed E-state index contributed by atoms with van der Waals surface area (Å²) in [6.45, 7) is 1.35. The summed E-state index contributed by atoms with van der Waals surface area (Å²) in [6.07, 6.45) is -4.42. The molecule has 0 atom stereocenters. The van der Waals surface area contributed by atoms with Crippen LogP contribution in [0.1, 0.15) is 17.5 Å². The molecule has 0 aliphatic heterocycles. The van der Waals surface area contributed by atoms with E-state index in [-0.39, 0.29) is 35.0 Å². The predicted molar refractivity (Wildman–Crippen MR) is 98.6 cm³/mol. The van der Waals surface area contributed by atoms with Crippen LogP contribution in [0.3, 0.4) is 0 Å². The standard InChI is InChI=1S/C17H16ClF5N2O2S/c1-10-9-11(17(21,22)23)3-5-13(10)24-16-14(6-4-12(19)15(16)20)25-28(26,27)8-2-7-18/h3-6,9,24-25H,2,7-8H2,1H3. The normalized spacial score (nSPS) is 12.1. The lowest BCUT2D eigenvalue weighted by molar-refractivity contribution is -0.137. The van der Waals surface area contributed by atoms with Crippen molar-refractivity contribution < 1.29 is 30.4 Å². The maximum Gasteiger partial charge on any atom is 0.416 e. The summed E-state index contributed by atoms with van der Waals surface area (Å²) in [5, 5.41) is 2.47. The Morgan fingerprint density at radius 1 is 1.07 bits per heavy atom. The van der Waals surface area contributed by atoms with Crippen molar-refractivity contribution in [2.45, 2.75) is 19.5 Å². The van der Waals surface area contributed by atoms with Gasteiger partial charge >= 0.3 is 6.18 Å². The third kappa shape index (κ3) is 5.48.